The molecule has 0 bridgehead atoms. The summed E-state index contributed by atoms with van der Waals surface area (Å²) in [6, 6.07) is 15.9. The van der Waals surface area contributed by atoms with Crippen LogP contribution in [0.3, 0.4) is 0 Å². The highest BCUT2D eigenvalue weighted by atomic mass is 16.5. The van der Waals surface area contributed by atoms with E-state index >= 15 is 0 Å². The van der Waals surface area contributed by atoms with Crippen molar-refractivity contribution in [1.29, 1.82) is 0 Å². The van der Waals surface area contributed by atoms with Crippen LogP contribution in [0, 0.1) is 13.8 Å². The largest absolute Gasteiger partial charge is 0.465 e. The Labute approximate surface area is 162 Å². The zero-order valence-electron chi connectivity index (χ0n) is 15.8. The van der Waals surface area contributed by atoms with Gasteiger partial charge in [-0.1, -0.05) is 23.8 Å². The summed E-state index contributed by atoms with van der Waals surface area (Å²) in [6.07, 6.45) is 0. The van der Waals surface area contributed by atoms with E-state index in [0.29, 0.717) is 22.6 Å². The number of hydrogen-bond donors (Lipinski definition) is 2. The zero-order valence-corrected chi connectivity index (χ0v) is 15.8. The van der Waals surface area contributed by atoms with Gasteiger partial charge in [0.15, 0.2) is 0 Å². The van der Waals surface area contributed by atoms with E-state index in [1.54, 1.807) is 37.3 Å². The number of carbonyl (C=O) groups excluding carboxylic acids is 2. The lowest BCUT2D eigenvalue weighted by Crippen LogP contribution is -2.15. The number of nitrogens with zero attached hydrogens (tertiary/aromatic N) is 2. The maximum Gasteiger partial charge on any atom is 0.337 e. The molecule has 7 nitrogen and oxygen atoms in total. The van der Waals surface area contributed by atoms with Gasteiger partial charge >= 0.3 is 5.97 Å². The molecule has 0 saturated carbocycles. The van der Waals surface area contributed by atoms with Crippen molar-refractivity contribution >= 4 is 29.2 Å². The average Bonchev–Trinajstić information content (AvgIpc) is 2.69. The van der Waals surface area contributed by atoms with Crippen LogP contribution < -0.4 is 10.6 Å². The summed E-state index contributed by atoms with van der Waals surface area (Å²) in [5.74, 6) is -0.510. The minimum Gasteiger partial charge on any atom is -0.465 e. The molecule has 3 rings (SSSR count). The molecule has 0 unspecified atom stereocenters. The number of anilines is 3. The van der Waals surface area contributed by atoms with E-state index in [4.69, 9.17) is 4.74 Å². The van der Waals surface area contributed by atoms with Gasteiger partial charge in [0.1, 0.15) is 5.69 Å². The van der Waals surface area contributed by atoms with Crippen LogP contribution in [-0.2, 0) is 4.74 Å². The fourth-order valence-corrected chi connectivity index (χ4v) is 2.54. The quantitative estimate of drug-likeness (QED) is 0.657. The van der Waals surface area contributed by atoms with E-state index in [1.165, 1.54) is 7.11 Å². The first-order chi connectivity index (χ1) is 13.4. The molecule has 142 valence electrons. The van der Waals surface area contributed by atoms with Gasteiger partial charge in [-0.2, -0.15) is 0 Å². The second kappa shape index (κ2) is 8.30. The van der Waals surface area contributed by atoms with Gasteiger partial charge in [-0.3, -0.25) is 4.79 Å². The summed E-state index contributed by atoms with van der Waals surface area (Å²) in [7, 11) is 1.32. The van der Waals surface area contributed by atoms with Crippen LogP contribution in [0.4, 0.5) is 17.3 Å². The number of ether oxygens (including phenoxy) is 1. The second-order valence-electron chi connectivity index (χ2n) is 6.24. The number of rotatable bonds is 5. The Balaban J connectivity index is 1.80. The normalized spacial score (nSPS) is 10.2. The van der Waals surface area contributed by atoms with Gasteiger partial charge in [0.25, 0.3) is 5.91 Å². The molecular weight excluding hydrogens is 356 g/mol. The standard InChI is InChI=1S/C21H20N4O3/c1-13-7-9-16(10-8-13)23-19(26)18-11-14(2)22-21(25-18)24-17-6-4-5-15(12-17)20(27)28-3/h4-12H,1-3H3,(H,23,26)(H,22,24,25). The summed E-state index contributed by atoms with van der Waals surface area (Å²) in [4.78, 5) is 32.8. The van der Waals surface area contributed by atoms with Crippen molar-refractivity contribution in [2.75, 3.05) is 17.7 Å². The van der Waals surface area contributed by atoms with Gasteiger partial charge in [0.2, 0.25) is 5.95 Å². The van der Waals surface area contributed by atoms with Crippen molar-refractivity contribution in [2.45, 2.75) is 13.8 Å². The molecule has 1 aromatic heterocycles. The maximum absolute atomic E-state index is 12.5. The third-order valence-corrected chi connectivity index (χ3v) is 3.94. The number of benzene rings is 2. The van der Waals surface area contributed by atoms with E-state index in [1.807, 2.05) is 31.2 Å². The maximum atomic E-state index is 12.5. The Kier molecular flexibility index (Phi) is 5.64. The predicted molar refractivity (Wildman–Crippen MR) is 107 cm³/mol. The van der Waals surface area contributed by atoms with Gasteiger partial charge in [0, 0.05) is 17.1 Å². The summed E-state index contributed by atoms with van der Waals surface area (Å²) in [5, 5.41) is 5.84. The monoisotopic (exact) mass is 376 g/mol. The highest BCUT2D eigenvalue weighted by Gasteiger charge is 2.12. The highest BCUT2D eigenvalue weighted by Crippen LogP contribution is 2.17. The molecule has 0 fully saturated rings. The Morgan fingerprint density at radius 1 is 0.929 bits per heavy atom. The number of amides is 1. The molecule has 2 N–H and O–H groups in total. The molecule has 0 aliphatic rings. The SMILES string of the molecule is COC(=O)c1cccc(Nc2nc(C)cc(C(=O)Nc3ccc(C)cc3)n2)c1. The van der Waals surface area contributed by atoms with Crippen molar-refractivity contribution in [1.82, 2.24) is 9.97 Å². The number of nitrogens with one attached hydrogen (secondary N) is 2. The molecule has 0 atom stereocenters. The Morgan fingerprint density at radius 3 is 2.39 bits per heavy atom. The van der Waals surface area contributed by atoms with Crippen LogP contribution in [0.15, 0.2) is 54.6 Å². The minimum absolute atomic E-state index is 0.236. The zero-order chi connectivity index (χ0) is 20.1. The summed E-state index contributed by atoms with van der Waals surface area (Å²) in [5.41, 5.74) is 3.68. The lowest BCUT2D eigenvalue weighted by atomic mass is 10.2. The fraction of sp³-hybridized carbons (Fsp3) is 0.143. The number of aryl methyl sites for hydroxylation is 2. The fourth-order valence-electron chi connectivity index (χ4n) is 2.54. The molecule has 28 heavy (non-hydrogen) atoms. The van der Waals surface area contributed by atoms with Gasteiger partial charge in [0.05, 0.1) is 12.7 Å². The molecule has 0 aliphatic carbocycles. The minimum atomic E-state index is -0.438. The molecule has 0 radical (unpaired) electrons. The van der Waals surface area contributed by atoms with E-state index in [2.05, 4.69) is 20.6 Å². The van der Waals surface area contributed by atoms with E-state index in [0.717, 1.165) is 5.56 Å². The molecule has 0 aliphatic heterocycles. The van der Waals surface area contributed by atoms with Crippen LogP contribution in [0.2, 0.25) is 0 Å². The van der Waals surface area contributed by atoms with Gasteiger partial charge in [-0.05, 0) is 50.2 Å². The van der Waals surface area contributed by atoms with Crippen LogP contribution in [-0.4, -0.2) is 29.0 Å². The molecular formula is C21H20N4O3. The van der Waals surface area contributed by atoms with Crippen molar-refractivity contribution < 1.29 is 14.3 Å². The third kappa shape index (κ3) is 4.70. The number of esters is 1. The van der Waals surface area contributed by atoms with Crippen molar-refractivity contribution in [2.24, 2.45) is 0 Å². The number of aromatic nitrogens is 2. The Morgan fingerprint density at radius 2 is 1.68 bits per heavy atom. The van der Waals surface area contributed by atoms with E-state index < -0.39 is 5.97 Å². The molecule has 1 amide bonds. The van der Waals surface area contributed by atoms with Crippen LogP contribution in [0.1, 0.15) is 32.1 Å². The summed E-state index contributed by atoms with van der Waals surface area (Å²) >= 11 is 0. The average molecular weight is 376 g/mol. The van der Waals surface area contributed by atoms with E-state index in [9.17, 15) is 9.59 Å². The summed E-state index contributed by atoms with van der Waals surface area (Å²) in [6.45, 7) is 3.76. The molecule has 3 aromatic rings. The molecule has 0 spiro atoms. The molecule has 2 aromatic carbocycles. The van der Waals surface area contributed by atoms with E-state index in [-0.39, 0.29) is 17.5 Å². The predicted octanol–water partition coefficient (Wildman–Crippen LogP) is 3.88. The van der Waals surface area contributed by atoms with Gasteiger partial charge < -0.3 is 15.4 Å². The first-order valence-corrected chi connectivity index (χ1v) is 8.64. The van der Waals surface area contributed by atoms with Gasteiger partial charge in [-0.25, -0.2) is 14.8 Å². The molecule has 7 heteroatoms. The smallest absolute Gasteiger partial charge is 0.337 e. The summed E-state index contributed by atoms with van der Waals surface area (Å²) < 4.78 is 4.72. The molecule has 1 heterocycles. The number of carbonyl (C=O) groups is 2. The lowest BCUT2D eigenvalue weighted by molar-refractivity contribution is 0.0600. The first kappa shape index (κ1) is 19.0. The van der Waals surface area contributed by atoms with Crippen LogP contribution in [0.5, 0.6) is 0 Å². The van der Waals surface area contributed by atoms with Crippen LogP contribution in [0.25, 0.3) is 0 Å². The van der Waals surface area contributed by atoms with Crippen molar-refractivity contribution in [3.05, 3.63) is 77.1 Å². The van der Waals surface area contributed by atoms with Gasteiger partial charge in [-0.15, -0.1) is 0 Å². The Bertz CT molecular complexity index is 1020. The first-order valence-electron chi connectivity index (χ1n) is 8.64. The lowest BCUT2D eigenvalue weighted by Gasteiger charge is -2.10. The Hall–Kier alpha value is -3.74. The number of methoxy groups -OCH3 is 1. The van der Waals surface area contributed by atoms with Crippen LogP contribution >= 0.6 is 0 Å². The number of hydrogen-bond acceptors (Lipinski definition) is 6. The topological polar surface area (TPSA) is 93.2 Å². The third-order valence-electron chi connectivity index (χ3n) is 3.94. The highest BCUT2D eigenvalue weighted by molar-refractivity contribution is 6.03. The molecule has 0 saturated heterocycles. The second-order valence-corrected chi connectivity index (χ2v) is 6.24. The van der Waals surface area contributed by atoms with Crippen molar-refractivity contribution in [3.63, 3.8) is 0 Å². The van der Waals surface area contributed by atoms with Crippen molar-refractivity contribution in [3.8, 4) is 0 Å².